The van der Waals surface area contributed by atoms with Crippen molar-refractivity contribution in [3.8, 4) is 0 Å². The van der Waals surface area contributed by atoms with Crippen LogP contribution in [0.3, 0.4) is 0 Å². The van der Waals surface area contributed by atoms with Crippen LogP contribution in [0.2, 0.25) is 0 Å². The topological polar surface area (TPSA) is 38.7 Å². The Labute approximate surface area is 100 Å². The smallest absolute Gasteiger partial charge is 0.0598 e. The lowest BCUT2D eigenvalue weighted by Crippen LogP contribution is -2.27. The lowest BCUT2D eigenvalue weighted by Gasteiger charge is -2.25. The molecule has 1 atom stereocenters. The molecule has 98 valence electrons. The van der Waals surface area contributed by atoms with Crippen LogP contribution in [0.4, 0.5) is 0 Å². The van der Waals surface area contributed by atoms with Gasteiger partial charge in [0.05, 0.1) is 32.0 Å². The molecule has 0 aliphatic rings. The molecule has 0 saturated heterocycles. The normalized spacial score (nSPS) is 15.2. The van der Waals surface area contributed by atoms with E-state index in [1.807, 2.05) is 13.8 Å². The zero-order chi connectivity index (χ0) is 12.8. The number of ether oxygens (including phenoxy) is 2. The van der Waals surface area contributed by atoms with Gasteiger partial charge in [-0.25, -0.2) is 0 Å². The Kier molecular flexibility index (Phi) is 6.53. The first kappa shape index (κ1) is 15.9. The van der Waals surface area contributed by atoms with Crippen molar-refractivity contribution in [1.82, 2.24) is 0 Å². The highest BCUT2D eigenvalue weighted by Gasteiger charge is 2.18. The van der Waals surface area contributed by atoms with Gasteiger partial charge in [0.25, 0.3) is 0 Å². The fourth-order valence-electron chi connectivity index (χ4n) is 1.02. The van der Waals surface area contributed by atoms with Crippen LogP contribution < -0.4 is 0 Å². The van der Waals surface area contributed by atoms with Gasteiger partial charge in [0.2, 0.25) is 0 Å². The summed E-state index contributed by atoms with van der Waals surface area (Å²) in [5, 5.41) is 9.06. The van der Waals surface area contributed by atoms with Gasteiger partial charge in [0, 0.05) is 11.3 Å². The predicted octanol–water partition coefficient (Wildman–Crippen LogP) is 2.47. The van der Waals surface area contributed by atoms with E-state index in [1.54, 1.807) is 0 Å². The largest absolute Gasteiger partial charge is 0.396 e. The van der Waals surface area contributed by atoms with Crippen LogP contribution in [-0.4, -0.2) is 37.1 Å². The molecular weight excluding hydrogens is 204 g/mol. The maximum Gasteiger partial charge on any atom is 0.0598 e. The van der Waals surface area contributed by atoms with Gasteiger partial charge in [-0.1, -0.05) is 20.8 Å². The first-order valence-electron chi connectivity index (χ1n) is 5.99. The van der Waals surface area contributed by atoms with E-state index < -0.39 is 0 Å². The lowest BCUT2D eigenvalue weighted by molar-refractivity contribution is -0.0457. The summed E-state index contributed by atoms with van der Waals surface area (Å²) in [6.45, 7) is 14.4. The van der Waals surface area contributed by atoms with Gasteiger partial charge >= 0.3 is 0 Å². The Morgan fingerprint density at radius 1 is 1.06 bits per heavy atom. The molecule has 0 heterocycles. The first-order valence-corrected chi connectivity index (χ1v) is 5.99. The Hall–Kier alpha value is -0.120. The Morgan fingerprint density at radius 2 is 1.62 bits per heavy atom. The zero-order valence-electron chi connectivity index (χ0n) is 11.7. The van der Waals surface area contributed by atoms with Gasteiger partial charge in [0.15, 0.2) is 0 Å². The Morgan fingerprint density at radius 3 is 2.06 bits per heavy atom. The SMILES string of the molecule is CC(COCC(C)(C)CO)COC(C)(C)C. The van der Waals surface area contributed by atoms with Crippen LogP contribution in [0, 0.1) is 11.3 Å². The minimum absolute atomic E-state index is 0.0847. The number of hydrogen-bond acceptors (Lipinski definition) is 3. The van der Waals surface area contributed by atoms with Gasteiger partial charge in [-0.2, -0.15) is 0 Å². The fourth-order valence-corrected chi connectivity index (χ4v) is 1.02. The van der Waals surface area contributed by atoms with Crippen molar-refractivity contribution in [2.24, 2.45) is 11.3 Å². The highest BCUT2D eigenvalue weighted by atomic mass is 16.5. The summed E-state index contributed by atoms with van der Waals surface area (Å²) in [6.07, 6.45) is 0. The second-order valence-corrected chi connectivity index (χ2v) is 6.37. The quantitative estimate of drug-likeness (QED) is 0.733. The second kappa shape index (κ2) is 6.58. The highest BCUT2D eigenvalue weighted by Crippen LogP contribution is 2.15. The van der Waals surface area contributed by atoms with Crippen molar-refractivity contribution in [3.05, 3.63) is 0 Å². The van der Waals surface area contributed by atoms with Crippen LogP contribution in [0.5, 0.6) is 0 Å². The number of aliphatic hydroxyl groups excluding tert-OH is 1. The minimum Gasteiger partial charge on any atom is -0.396 e. The highest BCUT2D eigenvalue weighted by molar-refractivity contribution is 4.66. The monoisotopic (exact) mass is 232 g/mol. The summed E-state index contributed by atoms with van der Waals surface area (Å²) >= 11 is 0. The van der Waals surface area contributed by atoms with Crippen LogP contribution in [0.25, 0.3) is 0 Å². The maximum absolute atomic E-state index is 9.06. The van der Waals surface area contributed by atoms with Crippen LogP contribution in [-0.2, 0) is 9.47 Å². The molecule has 0 spiro atoms. The molecule has 0 amide bonds. The summed E-state index contributed by atoms with van der Waals surface area (Å²) in [7, 11) is 0. The molecule has 0 aliphatic heterocycles. The molecule has 1 unspecified atom stereocenters. The lowest BCUT2D eigenvalue weighted by atomic mass is 9.96. The summed E-state index contributed by atoms with van der Waals surface area (Å²) in [4.78, 5) is 0. The summed E-state index contributed by atoms with van der Waals surface area (Å²) in [5.74, 6) is 0.383. The van der Waals surface area contributed by atoms with Crippen molar-refractivity contribution in [2.45, 2.75) is 47.1 Å². The van der Waals surface area contributed by atoms with E-state index in [1.165, 1.54) is 0 Å². The summed E-state index contributed by atoms with van der Waals surface area (Å²) in [5.41, 5.74) is -0.233. The van der Waals surface area contributed by atoms with Crippen LogP contribution >= 0.6 is 0 Å². The van der Waals surface area contributed by atoms with Crippen molar-refractivity contribution in [1.29, 1.82) is 0 Å². The fraction of sp³-hybridized carbons (Fsp3) is 1.00. The average molecular weight is 232 g/mol. The first-order chi connectivity index (χ1) is 7.16. The minimum atomic E-state index is -0.148. The Bertz CT molecular complexity index is 182. The molecule has 0 aromatic rings. The van der Waals surface area contributed by atoms with E-state index in [-0.39, 0.29) is 17.6 Å². The van der Waals surface area contributed by atoms with Gasteiger partial charge in [0.1, 0.15) is 0 Å². The third kappa shape index (κ3) is 9.13. The van der Waals surface area contributed by atoms with Gasteiger partial charge in [-0.3, -0.25) is 0 Å². The van der Waals surface area contributed by atoms with Gasteiger partial charge in [-0.05, 0) is 20.8 Å². The number of rotatable bonds is 7. The molecule has 3 heteroatoms. The zero-order valence-corrected chi connectivity index (χ0v) is 11.7. The van der Waals surface area contributed by atoms with Gasteiger partial charge in [-0.15, -0.1) is 0 Å². The molecule has 0 aliphatic carbocycles. The molecule has 0 aromatic heterocycles. The molecule has 3 nitrogen and oxygen atoms in total. The van der Waals surface area contributed by atoms with Crippen molar-refractivity contribution in [3.63, 3.8) is 0 Å². The van der Waals surface area contributed by atoms with E-state index in [0.717, 1.165) is 0 Å². The number of aliphatic hydroxyl groups is 1. The van der Waals surface area contributed by atoms with Gasteiger partial charge < -0.3 is 14.6 Å². The standard InChI is InChI=1S/C13H28O3/c1-11(8-16-12(2,3)4)7-15-10-13(5,6)9-14/h11,14H,7-10H2,1-6H3. The third-order valence-corrected chi connectivity index (χ3v) is 2.12. The van der Waals surface area contributed by atoms with Crippen LogP contribution in [0.15, 0.2) is 0 Å². The molecule has 0 radical (unpaired) electrons. The number of hydrogen-bond donors (Lipinski definition) is 1. The average Bonchev–Trinajstić information content (AvgIpc) is 2.13. The van der Waals surface area contributed by atoms with E-state index in [9.17, 15) is 0 Å². The van der Waals surface area contributed by atoms with E-state index in [0.29, 0.717) is 25.7 Å². The summed E-state index contributed by atoms with van der Waals surface area (Å²) < 4.78 is 11.2. The molecule has 0 saturated carbocycles. The molecular formula is C13H28O3. The molecule has 16 heavy (non-hydrogen) atoms. The van der Waals surface area contributed by atoms with Crippen molar-refractivity contribution >= 4 is 0 Å². The van der Waals surface area contributed by atoms with Crippen molar-refractivity contribution < 1.29 is 14.6 Å². The predicted molar refractivity (Wildman–Crippen MR) is 66.6 cm³/mol. The molecule has 0 aromatic carbocycles. The molecule has 1 N–H and O–H groups in total. The molecule has 0 bridgehead atoms. The summed E-state index contributed by atoms with van der Waals surface area (Å²) in [6, 6.07) is 0. The Balaban J connectivity index is 3.63. The molecule has 0 rings (SSSR count). The van der Waals surface area contributed by atoms with Crippen LogP contribution in [0.1, 0.15) is 41.5 Å². The van der Waals surface area contributed by atoms with E-state index in [4.69, 9.17) is 14.6 Å². The van der Waals surface area contributed by atoms with Crippen molar-refractivity contribution in [2.75, 3.05) is 26.4 Å². The maximum atomic E-state index is 9.06. The second-order valence-electron chi connectivity index (χ2n) is 6.37. The third-order valence-electron chi connectivity index (χ3n) is 2.12. The van der Waals surface area contributed by atoms with E-state index in [2.05, 4.69) is 27.7 Å². The molecule has 0 fully saturated rings. The van der Waals surface area contributed by atoms with E-state index >= 15 is 0 Å².